The lowest BCUT2D eigenvalue weighted by Gasteiger charge is -2.35. The van der Waals surface area contributed by atoms with Gasteiger partial charge in [0.1, 0.15) is 0 Å². The fourth-order valence-electron chi connectivity index (χ4n) is 4.36. The minimum Gasteiger partial charge on any atom is -0.330 e. The quantitative estimate of drug-likeness (QED) is 0.398. The second-order valence-electron chi connectivity index (χ2n) is 8.09. The lowest BCUT2D eigenvalue weighted by Crippen LogP contribution is -2.30. The van der Waals surface area contributed by atoms with Gasteiger partial charge in [0.15, 0.2) is 0 Å². The largest absolute Gasteiger partial charge is 0.330 e. The molecule has 0 saturated carbocycles. The van der Waals surface area contributed by atoms with Crippen molar-refractivity contribution in [3.8, 4) is 0 Å². The van der Waals surface area contributed by atoms with Gasteiger partial charge >= 0.3 is 0 Å². The summed E-state index contributed by atoms with van der Waals surface area (Å²) in [7, 11) is 0. The summed E-state index contributed by atoms with van der Waals surface area (Å²) in [5.74, 6) is 0. The molecule has 2 N–H and O–H groups in total. The van der Waals surface area contributed by atoms with Crippen molar-refractivity contribution in [2.24, 2.45) is 11.1 Å². The van der Waals surface area contributed by atoms with E-state index in [0.29, 0.717) is 0 Å². The molecule has 1 nitrogen and oxygen atoms in total. The Hall–Kier alpha value is -2.38. The van der Waals surface area contributed by atoms with Crippen LogP contribution in [0.4, 0.5) is 0 Å². The zero-order valence-corrected chi connectivity index (χ0v) is 16.9. The van der Waals surface area contributed by atoms with Gasteiger partial charge in [0, 0.05) is 0 Å². The molecule has 0 amide bonds. The highest BCUT2D eigenvalue weighted by Crippen LogP contribution is 2.37. The number of unbranched alkanes of at least 4 members (excludes halogenated alkanes) is 2. The van der Waals surface area contributed by atoms with Gasteiger partial charge in [0.25, 0.3) is 0 Å². The van der Waals surface area contributed by atoms with Crippen LogP contribution in [-0.2, 0) is 19.3 Å². The van der Waals surface area contributed by atoms with E-state index in [4.69, 9.17) is 5.73 Å². The second kappa shape index (κ2) is 10.8. The van der Waals surface area contributed by atoms with Crippen molar-refractivity contribution < 1.29 is 0 Å². The van der Waals surface area contributed by atoms with Crippen LogP contribution in [0.25, 0.3) is 0 Å². The molecule has 0 aliphatic rings. The molecule has 3 aromatic rings. The van der Waals surface area contributed by atoms with E-state index in [1.165, 1.54) is 36.0 Å². The van der Waals surface area contributed by atoms with E-state index in [9.17, 15) is 0 Å². The van der Waals surface area contributed by atoms with Crippen LogP contribution in [0.2, 0.25) is 0 Å². The van der Waals surface area contributed by atoms with E-state index in [-0.39, 0.29) is 5.41 Å². The first-order valence-corrected chi connectivity index (χ1v) is 10.6. The summed E-state index contributed by atoms with van der Waals surface area (Å²) in [6.45, 7) is 0.795. The highest BCUT2D eigenvalue weighted by Gasteiger charge is 2.30. The summed E-state index contributed by atoms with van der Waals surface area (Å²) in [4.78, 5) is 0. The van der Waals surface area contributed by atoms with Gasteiger partial charge < -0.3 is 5.73 Å². The number of nitrogens with two attached hydrogens (primary N) is 1. The van der Waals surface area contributed by atoms with E-state index in [0.717, 1.165) is 32.2 Å². The molecule has 0 bridgehead atoms. The van der Waals surface area contributed by atoms with Crippen LogP contribution in [0.1, 0.15) is 42.4 Å². The lowest BCUT2D eigenvalue weighted by atomic mass is 9.69. The SMILES string of the molecule is NCCCCCC(Cc1ccccc1)(Cc1ccccc1)Cc1ccccc1. The zero-order chi connectivity index (χ0) is 19.5. The minimum atomic E-state index is 0.221. The standard InChI is InChI=1S/C27H33N/c28-20-12-4-11-19-27(21-24-13-5-1-6-14-24,22-25-15-7-2-8-16-25)23-26-17-9-3-10-18-26/h1-3,5-10,13-18H,4,11-12,19-23,28H2. The highest BCUT2D eigenvalue weighted by atomic mass is 14.5. The van der Waals surface area contributed by atoms with Crippen molar-refractivity contribution in [1.29, 1.82) is 0 Å². The molecule has 0 heterocycles. The summed E-state index contributed by atoms with van der Waals surface area (Å²) in [5.41, 5.74) is 10.3. The Morgan fingerprint density at radius 3 is 1.25 bits per heavy atom. The fraction of sp³-hybridized carbons (Fsp3) is 0.333. The van der Waals surface area contributed by atoms with Crippen molar-refractivity contribution in [3.05, 3.63) is 108 Å². The van der Waals surface area contributed by atoms with Gasteiger partial charge in [0.2, 0.25) is 0 Å². The smallest absolute Gasteiger partial charge is 0.00773 e. The lowest BCUT2D eigenvalue weighted by molar-refractivity contribution is 0.244. The van der Waals surface area contributed by atoms with Crippen LogP contribution < -0.4 is 5.73 Å². The van der Waals surface area contributed by atoms with Crippen LogP contribution in [0, 0.1) is 5.41 Å². The second-order valence-corrected chi connectivity index (χ2v) is 8.09. The molecule has 0 fully saturated rings. The van der Waals surface area contributed by atoms with Crippen molar-refractivity contribution >= 4 is 0 Å². The van der Waals surface area contributed by atoms with Crippen molar-refractivity contribution in [2.75, 3.05) is 6.54 Å². The predicted octanol–water partition coefficient (Wildman–Crippen LogP) is 6.22. The summed E-state index contributed by atoms with van der Waals surface area (Å²) in [6, 6.07) is 33.0. The molecule has 146 valence electrons. The number of rotatable bonds is 11. The molecule has 0 atom stereocenters. The van der Waals surface area contributed by atoms with Crippen LogP contribution >= 0.6 is 0 Å². The minimum absolute atomic E-state index is 0.221. The third-order valence-corrected chi connectivity index (χ3v) is 5.68. The van der Waals surface area contributed by atoms with E-state index in [2.05, 4.69) is 91.0 Å². The van der Waals surface area contributed by atoms with E-state index in [1.807, 2.05) is 0 Å². The molecule has 0 saturated heterocycles. The maximum absolute atomic E-state index is 5.75. The molecular formula is C27H33N. The van der Waals surface area contributed by atoms with Gasteiger partial charge in [-0.05, 0) is 60.8 Å². The van der Waals surface area contributed by atoms with Gasteiger partial charge in [-0.1, -0.05) is 104 Å². The molecular weight excluding hydrogens is 338 g/mol. The molecule has 0 aliphatic heterocycles. The van der Waals surface area contributed by atoms with Crippen LogP contribution in [0.3, 0.4) is 0 Å². The maximum Gasteiger partial charge on any atom is -0.00773 e. The first kappa shape index (κ1) is 20.4. The Kier molecular flexibility index (Phi) is 7.87. The average Bonchev–Trinajstić information content (AvgIpc) is 2.73. The van der Waals surface area contributed by atoms with Crippen molar-refractivity contribution in [2.45, 2.75) is 44.9 Å². The molecule has 0 spiro atoms. The molecule has 0 unspecified atom stereocenters. The van der Waals surface area contributed by atoms with Gasteiger partial charge in [0.05, 0.1) is 0 Å². The Morgan fingerprint density at radius 1 is 0.500 bits per heavy atom. The Bertz CT molecular complexity index is 679. The molecule has 1 heteroatoms. The summed E-state index contributed by atoms with van der Waals surface area (Å²) < 4.78 is 0. The van der Waals surface area contributed by atoms with Crippen LogP contribution in [0.5, 0.6) is 0 Å². The van der Waals surface area contributed by atoms with E-state index in [1.54, 1.807) is 0 Å². The number of hydrogen-bond acceptors (Lipinski definition) is 1. The van der Waals surface area contributed by atoms with Crippen LogP contribution in [0.15, 0.2) is 91.0 Å². The summed E-state index contributed by atoms with van der Waals surface area (Å²) in [6.07, 6.45) is 8.14. The normalized spacial score (nSPS) is 11.5. The maximum atomic E-state index is 5.75. The fourth-order valence-corrected chi connectivity index (χ4v) is 4.36. The van der Waals surface area contributed by atoms with Gasteiger partial charge in [-0.2, -0.15) is 0 Å². The molecule has 0 radical (unpaired) electrons. The topological polar surface area (TPSA) is 26.0 Å². The van der Waals surface area contributed by atoms with E-state index >= 15 is 0 Å². The molecule has 28 heavy (non-hydrogen) atoms. The summed E-state index contributed by atoms with van der Waals surface area (Å²) in [5, 5.41) is 0. The average molecular weight is 372 g/mol. The molecule has 0 aromatic heterocycles. The van der Waals surface area contributed by atoms with Gasteiger partial charge in [-0.3, -0.25) is 0 Å². The Morgan fingerprint density at radius 2 is 0.893 bits per heavy atom. The van der Waals surface area contributed by atoms with Crippen molar-refractivity contribution in [1.82, 2.24) is 0 Å². The third-order valence-electron chi connectivity index (χ3n) is 5.68. The Balaban J connectivity index is 1.90. The number of hydrogen-bond donors (Lipinski definition) is 1. The van der Waals surface area contributed by atoms with Gasteiger partial charge in [-0.25, -0.2) is 0 Å². The Labute approximate surface area is 170 Å². The highest BCUT2D eigenvalue weighted by molar-refractivity contribution is 5.24. The zero-order valence-electron chi connectivity index (χ0n) is 16.9. The first-order valence-electron chi connectivity index (χ1n) is 10.6. The first-order chi connectivity index (χ1) is 13.8. The molecule has 0 aliphatic carbocycles. The molecule has 3 rings (SSSR count). The van der Waals surface area contributed by atoms with Crippen LogP contribution in [-0.4, -0.2) is 6.54 Å². The number of benzene rings is 3. The van der Waals surface area contributed by atoms with Gasteiger partial charge in [-0.15, -0.1) is 0 Å². The predicted molar refractivity (Wildman–Crippen MR) is 120 cm³/mol. The van der Waals surface area contributed by atoms with Crippen molar-refractivity contribution in [3.63, 3.8) is 0 Å². The van der Waals surface area contributed by atoms with E-state index < -0.39 is 0 Å². The summed E-state index contributed by atoms with van der Waals surface area (Å²) >= 11 is 0. The monoisotopic (exact) mass is 371 g/mol. The molecule has 3 aromatic carbocycles. The third kappa shape index (κ3) is 6.35.